The van der Waals surface area contributed by atoms with E-state index in [9.17, 15) is 0 Å². The molecule has 0 aliphatic heterocycles. The summed E-state index contributed by atoms with van der Waals surface area (Å²) in [4.78, 5) is 9.77. The Labute approximate surface area is 121 Å². The third-order valence-electron chi connectivity index (χ3n) is 3.01. The number of fused-ring (bicyclic) bond motifs is 1. The average Bonchev–Trinajstić information content (AvgIpc) is 2.49. The second kappa shape index (κ2) is 5.38. The monoisotopic (exact) mass is 282 g/mol. The van der Waals surface area contributed by atoms with Crippen LogP contribution in [0.1, 0.15) is 0 Å². The lowest BCUT2D eigenvalue weighted by molar-refractivity contribution is 1.22. The van der Waals surface area contributed by atoms with Gasteiger partial charge < -0.3 is 11.1 Å². The van der Waals surface area contributed by atoms with Crippen LogP contribution in [-0.4, -0.2) is 16.2 Å². The molecular weight excluding hydrogens is 268 g/mol. The number of nitrogens with zero attached hydrogens (tertiary/aromatic N) is 2. The van der Waals surface area contributed by atoms with Gasteiger partial charge in [-0.15, -0.1) is 11.8 Å². The summed E-state index contributed by atoms with van der Waals surface area (Å²) in [6.45, 7) is 0. The van der Waals surface area contributed by atoms with E-state index in [1.54, 1.807) is 18.1 Å². The SMILES string of the molecule is CSc1ccc(Nc2ncnc3ccc(N)cc23)cc1. The van der Waals surface area contributed by atoms with Crippen molar-refractivity contribution in [3.05, 3.63) is 48.8 Å². The van der Waals surface area contributed by atoms with Gasteiger partial charge in [0.15, 0.2) is 0 Å². The maximum absolute atomic E-state index is 5.84. The third kappa shape index (κ3) is 2.53. The van der Waals surface area contributed by atoms with Crippen molar-refractivity contribution in [1.29, 1.82) is 0 Å². The molecule has 1 heterocycles. The van der Waals surface area contributed by atoms with Crippen LogP contribution >= 0.6 is 11.8 Å². The van der Waals surface area contributed by atoms with Gasteiger partial charge in [0, 0.05) is 21.7 Å². The van der Waals surface area contributed by atoms with E-state index in [0.717, 1.165) is 22.4 Å². The van der Waals surface area contributed by atoms with Gasteiger partial charge in [-0.2, -0.15) is 0 Å². The summed E-state index contributed by atoms with van der Waals surface area (Å²) < 4.78 is 0. The van der Waals surface area contributed by atoms with Gasteiger partial charge in [0.1, 0.15) is 12.1 Å². The molecule has 0 saturated heterocycles. The first-order valence-electron chi connectivity index (χ1n) is 6.17. The molecule has 0 saturated carbocycles. The van der Waals surface area contributed by atoms with Gasteiger partial charge in [-0.3, -0.25) is 0 Å². The number of nitrogens with two attached hydrogens (primary N) is 1. The summed E-state index contributed by atoms with van der Waals surface area (Å²) >= 11 is 1.72. The van der Waals surface area contributed by atoms with Crippen molar-refractivity contribution >= 4 is 39.9 Å². The smallest absolute Gasteiger partial charge is 0.141 e. The quantitative estimate of drug-likeness (QED) is 0.567. The molecule has 0 spiro atoms. The van der Waals surface area contributed by atoms with Crippen molar-refractivity contribution in [3.63, 3.8) is 0 Å². The van der Waals surface area contributed by atoms with Crippen molar-refractivity contribution in [3.8, 4) is 0 Å². The maximum atomic E-state index is 5.84. The van der Waals surface area contributed by atoms with Crippen molar-refractivity contribution in [1.82, 2.24) is 9.97 Å². The molecule has 0 amide bonds. The molecule has 3 aromatic rings. The minimum Gasteiger partial charge on any atom is -0.399 e. The second-order valence-electron chi connectivity index (χ2n) is 4.35. The fourth-order valence-corrected chi connectivity index (χ4v) is 2.39. The first kappa shape index (κ1) is 12.7. The Bertz CT molecular complexity index is 740. The molecule has 0 aliphatic carbocycles. The molecule has 0 fully saturated rings. The minimum absolute atomic E-state index is 0.702. The van der Waals surface area contributed by atoms with Crippen LogP contribution in [0.25, 0.3) is 10.9 Å². The summed E-state index contributed by atoms with van der Waals surface area (Å²) in [7, 11) is 0. The Morgan fingerprint density at radius 2 is 1.85 bits per heavy atom. The second-order valence-corrected chi connectivity index (χ2v) is 5.23. The van der Waals surface area contributed by atoms with Crippen LogP contribution < -0.4 is 11.1 Å². The number of hydrogen-bond donors (Lipinski definition) is 2. The van der Waals surface area contributed by atoms with Crippen LogP contribution in [0.15, 0.2) is 53.7 Å². The van der Waals surface area contributed by atoms with E-state index in [1.165, 1.54) is 4.90 Å². The molecular formula is C15H14N4S. The number of benzene rings is 2. The van der Waals surface area contributed by atoms with E-state index < -0.39 is 0 Å². The molecule has 0 aliphatic rings. The van der Waals surface area contributed by atoms with E-state index in [-0.39, 0.29) is 0 Å². The van der Waals surface area contributed by atoms with Crippen molar-refractivity contribution in [2.75, 3.05) is 17.3 Å². The highest BCUT2D eigenvalue weighted by Crippen LogP contribution is 2.25. The summed E-state index contributed by atoms with van der Waals surface area (Å²) in [6, 6.07) is 13.8. The van der Waals surface area contributed by atoms with E-state index in [2.05, 4.69) is 33.7 Å². The molecule has 0 bridgehead atoms. The summed E-state index contributed by atoms with van der Waals surface area (Å²) in [5, 5.41) is 4.23. The van der Waals surface area contributed by atoms with Crippen LogP contribution in [0.3, 0.4) is 0 Å². The number of thioether (sulfide) groups is 1. The molecule has 2 aromatic carbocycles. The van der Waals surface area contributed by atoms with E-state index in [1.807, 2.05) is 30.3 Å². The topological polar surface area (TPSA) is 63.8 Å². The molecule has 0 radical (unpaired) electrons. The average molecular weight is 282 g/mol. The molecule has 3 N–H and O–H groups in total. The predicted molar refractivity (Wildman–Crippen MR) is 85.5 cm³/mol. The Morgan fingerprint density at radius 1 is 1.05 bits per heavy atom. The Morgan fingerprint density at radius 3 is 2.60 bits per heavy atom. The highest BCUT2D eigenvalue weighted by Gasteiger charge is 2.04. The van der Waals surface area contributed by atoms with E-state index in [4.69, 9.17) is 5.73 Å². The fourth-order valence-electron chi connectivity index (χ4n) is 1.98. The predicted octanol–water partition coefficient (Wildman–Crippen LogP) is 3.68. The van der Waals surface area contributed by atoms with Gasteiger partial charge in [0.25, 0.3) is 0 Å². The molecule has 4 nitrogen and oxygen atoms in total. The van der Waals surface area contributed by atoms with Crippen LogP contribution in [0, 0.1) is 0 Å². The maximum Gasteiger partial charge on any atom is 0.141 e. The van der Waals surface area contributed by atoms with Gasteiger partial charge in [-0.05, 0) is 48.7 Å². The molecule has 1 aromatic heterocycles. The first-order chi connectivity index (χ1) is 9.76. The lowest BCUT2D eigenvalue weighted by atomic mass is 10.2. The number of hydrogen-bond acceptors (Lipinski definition) is 5. The van der Waals surface area contributed by atoms with Crippen LogP contribution in [0.2, 0.25) is 0 Å². The minimum atomic E-state index is 0.702. The molecule has 20 heavy (non-hydrogen) atoms. The largest absolute Gasteiger partial charge is 0.399 e. The lowest BCUT2D eigenvalue weighted by Gasteiger charge is -2.09. The number of nitrogens with one attached hydrogen (secondary N) is 1. The van der Waals surface area contributed by atoms with Crippen LogP contribution in [0.4, 0.5) is 17.2 Å². The Hall–Kier alpha value is -2.27. The highest BCUT2D eigenvalue weighted by molar-refractivity contribution is 7.98. The highest BCUT2D eigenvalue weighted by atomic mass is 32.2. The molecule has 100 valence electrons. The fraction of sp³-hybridized carbons (Fsp3) is 0.0667. The number of aromatic nitrogens is 2. The lowest BCUT2D eigenvalue weighted by Crippen LogP contribution is -1.96. The van der Waals surface area contributed by atoms with Gasteiger partial charge in [0.2, 0.25) is 0 Å². The number of anilines is 3. The summed E-state index contributed by atoms with van der Waals surface area (Å²) in [5.41, 5.74) is 8.40. The zero-order valence-corrected chi connectivity index (χ0v) is 11.8. The zero-order valence-electron chi connectivity index (χ0n) is 11.0. The molecule has 0 atom stereocenters. The number of rotatable bonds is 3. The molecule has 3 rings (SSSR count). The van der Waals surface area contributed by atoms with Crippen molar-refractivity contribution in [2.24, 2.45) is 0 Å². The molecule has 5 heteroatoms. The third-order valence-corrected chi connectivity index (χ3v) is 3.76. The van der Waals surface area contributed by atoms with Gasteiger partial charge >= 0.3 is 0 Å². The summed E-state index contributed by atoms with van der Waals surface area (Å²) in [5.74, 6) is 0.763. The Kier molecular flexibility index (Phi) is 3.43. The zero-order chi connectivity index (χ0) is 13.9. The normalized spacial score (nSPS) is 10.7. The first-order valence-corrected chi connectivity index (χ1v) is 7.40. The van der Waals surface area contributed by atoms with Gasteiger partial charge in [0.05, 0.1) is 5.52 Å². The Balaban J connectivity index is 1.99. The molecule has 0 unspecified atom stereocenters. The standard InChI is InChI=1S/C15H14N4S/c1-20-12-5-3-11(4-6-12)19-15-13-8-10(16)2-7-14(13)17-9-18-15/h2-9H,16H2,1H3,(H,17,18,19). The van der Waals surface area contributed by atoms with Crippen LogP contribution in [-0.2, 0) is 0 Å². The number of nitrogen functional groups attached to an aromatic ring is 1. The van der Waals surface area contributed by atoms with Gasteiger partial charge in [-0.1, -0.05) is 0 Å². The van der Waals surface area contributed by atoms with Crippen molar-refractivity contribution in [2.45, 2.75) is 4.90 Å². The summed E-state index contributed by atoms with van der Waals surface area (Å²) in [6.07, 6.45) is 3.61. The van der Waals surface area contributed by atoms with E-state index in [0.29, 0.717) is 5.69 Å². The van der Waals surface area contributed by atoms with Crippen molar-refractivity contribution < 1.29 is 0 Å². The van der Waals surface area contributed by atoms with E-state index >= 15 is 0 Å². The van der Waals surface area contributed by atoms with Crippen LogP contribution in [0.5, 0.6) is 0 Å². The van der Waals surface area contributed by atoms with Gasteiger partial charge in [-0.25, -0.2) is 9.97 Å².